The Morgan fingerprint density at radius 3 is 2.81 bits per heavy atom. The Balaban J connectivity index is 1.98. The van der Waals surface area contributed by atoms with E-state index in [1.54, 1.807) is 53.6 Å². The van der Waals surface area contributed by atoms with Gasteiger partial charge < -0.3 is 9.30 Å². The summed E-state index contributed by atoms with van der Waals surface area (Å²) in [6.07, 6.45) is 8.61. The largest absolute Gasteiger partial charge is 0.462 e. The second-order valence-electron chi connectivity index (χ2n) is 6.07. The van der Waals surface area contributed by atoms with Crippen LogP contribution in [0.15, 0.2) is 59.9 Å². The quantitative estimate of drug-likeness (QED) is 0.505. The molecule has 0 saturated carbocycles. The van der Waals surface area contributed by atoms with Crippen LogP contribution in [0.25, 0.3) is 16.8 Å². The van der Waals surface area contributed by atoms with Gasteiger partial charge in [0.25, 0.3) is 0 Å². The molecule has 0 bridgehead atoms. The highest BCUT2D eigenvalue weighted by atomic mass is 16.5. The van der Waals surface area contributed by atoms with Crippen molar-refractivity contribution in [2.75, 3.05) is 6.61 Å². The molecule has 0 aliphatic rings. The van der Waals surface area contributed by atoms with Crippen molar-refractivity contribution < 1.29 is 9.53 Å². The summed E-state index contributed by atoms with van der Waals surface area (Å²) >= 11 is 0. The number of benzene rings is 1. The molecule has 6 nitrogen and oxygen atoms in total. The van der Waals surface area contributed by atoms with Crippen LogP contribution in [-0.4, -0.2) is 26.9 Å². The number of unbranched alkanes of at least 4 members (excludes halogenated alkanes) is 1. The summed E-state index contributed by atoms with van der Waals surface area (Å²) in [6, 6.07) is 8.72. The molecule has 2 aromatic heterocycles. The first-order chi connectivity index (χ1) is 12.6. The number of hydrogen-bond donors (Lipinski definition) is 0. The number of aryl methyl sites for hydroxylation is 1. The van der Waals surface area contributed by atoms with Gasteiger partial charge in [0, 0.05) is 37.4 Å². The van der Waals surface area contributed by atoms with Gasteiger partial charge in [-0.15, -0.1) is 0 Å². The molecule has 0 spiro atoms. The van der Waals surface area contributed by atoms with Crippen molar-refractivity contribution in [2.24, 2.45) is 7.05 Å². The van der Waals surface area contributed by atoms with Crippen molar-refractivity contribution in [1.82, 2.24) is 14.3 Å². The molecule has 0 amide bonds. The molecule has 1 aromatic carbocycles. The summed E-state index contributed by atoms with van der Waals surface area (Å²) in [5.41, 5.74) is 1.91. The van der Waals surface area contributed by atoms with Crippen LogP contribution in [0.2, 0.25) is 0 Å². The Kier molecular flexibility index (Phi) is 5.31. The van der Waals surface area contributed by atoms with Gasteiger partial charge in [0.15, 0.2) is 0 Å². The Hall–Kier alpha value is -3.15. The summed E-state index contributed by atoms with van der Waals surface area (Å²) in [4.78, 5) is 25.1. The Morgan fingerprint density at radius 2 is 2.08 bits per heavy atom. The SMILES string of the molecule is CCCCOC(=O)c1cccc(-c2cn(C)cc(-n3cccn3)c2=O)c1. The number of hydrogen-bond acceptors (Lipinski definition) is 4. The number of esters is 1. The normalized spacial score (nSPS) is 10.7. The smallest absolute Gasteiger partial charge is 0.338 e. The Labute approximate surface area is 151 Å². The predicted octanol–water partition coefficient (Wildman–Crippen LogP) is 3.19. The summed E-state index contributed by atoms with van der Waals surface area (Å²) in [6.45, 7) is 2.44. The first-order valence-corrected chi connectivity index (χ1v) is 8.58. The van der Waals surface area contributed by atoms with E-state index in [1.165, 1.54) is 4.68 Å². The highest BCUT2D eigenvalue weighted by molar-refractivity contribution is 5.91. The lowest BCUT2D eigenvalue weighted by molar-refractivity contribution is 0.0500. The van der Waals surface area contributed by atoms with Gasteiger partial charge in [-0.2, -0.15) is 5.10 Å². The highest BCUT2D eigenvalue weighted by Crippen LogP contribution is 2.19. The Morgan fingerprint density at radius 1 is 1.23 bits per heavy atom. The molecule has 6 heteroatoms. The molecule has 3 rings (SSSR count). The van der Waals surface area contributed by atoms with E-state index in [2.05, 4.69) is 5.10 Å². The number of pyridine rings is 1. The van der Waals surface area contributed by atoms with Crippen LogP contribution in [-0.2, 0) is 11.8 Å². The summed E-state index contributed by atoms with van der Waals surface area (Å²) in [5, 5.41) is 4.14. The molecule has 26 heavy (non-hydrogen) atoms. The fourth-order valence-electron chi connectivity index (χ4n) is 2.68. The van der Waals surface area contributed by atoms with Crippen LogP contribution in [0.1, 0.15) is 30.1 Å². The zero-order chi connectivity index (χ0) is 18.5. The maximum Gasteiger partial charge on any atom is 0.338 e. The molecular formula is C20H21N3O3. The fourth-order valence-corrected chi connectivity index (χ4v) is 2.68. The molecule has 2 heterocycles. The molecule has 3 aromatic rings. The summed E-state index contributed by atoms with van der Waals surface area (Å²) in [5.74, 6) is -0.375. The van der Waals surface area contributed by atoms with Gasteiger partial charge >= 0.3 is 5.97 Å². The lowest BCUT2D eigenvalue weighted by Crippen LogP contribution is -2.17. The zero-order valence-corrected chi connectivity index (χ0v) is 14.9. The van der Waals surface area contributed by atoms with Crippen molar-refractivity contribution in [3.05, 3.63) is 70.9 Å². The van der Waals surface area contributed by atoms with Gasteiger partial charge in [-0.25, -0.2) is 9.48 Å². The molecule has 0 radical (unpaired) electrons. The second kappa shape index (κ2) is 7.82. The number of ether oxygens (including phenoxy) is 1. The number of nitrogens with zero attached hydrogens (tertiary/aromatic N) is 3. The van der Waals surface area contributed by atoms with E-state index in [0.29, 0.717) is 29.0 Å². The standard InChI is InChI=1S/C20H21N3O3/c1-3-4-11-26-20(25)16-8-5-7-15(12-16)17-13-22(2)14-18(19(17)24)23-10-6-9-21-23/h5-10,12-14H,3-4,11H2,1-2H3. The first-order valence-electron chi connectivity index (χ1n) is 8.58. The van der Waals surface area contributed by atoms with E-state index < -0.39 is 0 Å². The van der Waals surface area contributed by atoms with Crippen LogP contribution in [0, 0.1) is 0 Å². The molecule has 0 N–H and O–H groups in total. The van der Waals surface area contributed by atoms with Crippen molar-refractivity contribution in [3.63, 3.8) is 0 Å². The molecule has 0 unspecified atom stereocenters. The molecule has 0 aliphatic heterocycles. The summed E-state index contributed by atoms with van der Waals surface area (Å²) < 4.78 is 8.60. The van der Waals surface area contributed by atoms with Crippen LogP contribution in [0.4, 0.5) is 0 Å². The van der Waals surface area contributed by atoms with E-state index in [9.17, 15) is 9.59 Å². The van der Waals surface area contributed by atoms with Gasteiger partial charge in [0.05, 0.1) is 12.2 Å². The third kappa shape index (κ3) is 3.74. The van der Waals surface area contributed by atoms with Crippen LogP contribution in [0.5, 0.6) is 0 Å². The zero-order valence-electron chi connectivity index (χ0n) is 14.9. The van der Waals surface area contributed by atoms with Crippen LogP contribution in [0.3, 0.4) is 0 Å². The molecule has 134 valence electrons. The Bertz CT molecular complexity index is 959. The summed E-state index contributed by atoms with van der Waals surface area (Å²) in [7, 11) is 1.85. The van der Waals surface area contributed by atoms with E-state index in [4.69, 9.17) is 4.74 Å². The number of carbonyl (C=O) groups excluding carboxylic acids is 1. The minimum absolute atomic E-state index is 0.150. The fraction of sp³-hybridized carbons (Fsp3) is 0.250. The number of rotatable bonds is 6. The average molecular weight is 351 g/mol. The van der Waals surface area contributed by atoms with Gasteiger partial charge in [0.1, 0.15) is 5.69 Å². The monoisotopic (exact) mass is 351 g/mol. The van der Waals surface area contributed by atoms with Crippen molar-refractivity contribution >= 4 is 5.97 Å². The predicted molar refractivity (Wildman–Crippen MR) is 99.4 cm³/mol. The third-order valence-corrected chi connectivity index (χ3v) is 4.03. The second-order valence-corrected chi connectivity index (χ2v) is 6.07. The van der Waals surface area contributed by atoms with E-state index in [1.807, 2.05) is 20.0 Å². The first kappa shape index (κ1) is 17.7. The van der Waals surface area contributed by atoms with E-state index >= 15 is 0 Å². The van der Waals surface area contributed by atoms with Gasteiger partial charge in [-0.1, -0.05) is 25.5 Å². The molecule has 0 saturated heterocycles. The highest BCUT2D eigenvalue weighted by Gasteiger charge is 2.13. The molecule has 0 atom stereocenters. The van der Waals surface area contributed by atoms with Gasteiger partial charge in [-0.05, 0) is 30.2 Å². The lowest BCUT2D eigenvalue weighted by atomic mass is 10.0. The average Bonchev–Trinajstić information content (AvgIpc) is 3.18. The van der Waals surface area contributed by atoms with Crippen molar-refractivity contribution in [3.8, 4) is 16.8 Å². The maximum absolute atomic E-state index is 12.9. The lowest BCUT2D eigenvalue weighted by Gasteiger charge is -2.10. The minimum Gasteiger partial charge on any atom is -0.462 e. The third-order valence-electron chi connectivity index (χ3n) is 4.03. The minimum atomic E-state index is -0.375. The van der Waals surface area contributed by atoms with Crippen molar-refractivity contribution in [2.45, 2.75) is 19.8 Å². The number of aromatic nitrogens is 3. The van der Waals surface area contributed by atoms with Gasteiger partial charge in [-0.3, -0.25) is 4.79 Å². The van der Waals surface area contributed by atoms with Gasteiger partial charge in [0.2, 0.25) is 5.43 Å². The molecular weight excluding hydrogens is 330 g/mol. The molecule has 0 aliphatic carbocycles. The van der Waals surface area contributed by atoms with E-state index in [0.717, 1.165) is 12.8 Å². The number of carbonyl (C=O) groups is 1. The van der Waals surface area contributed by atoms with Crippen molar-refractivity contribution in [1.29, 1.82) is 0 Å². The van der Waals surface area contributed by atoms with E-state index in [-0.39, 0.29) is 11.4 Å². The molecule has 0 fully saturated rings. The van der Waals surface area contributed by atoms with Crippen LogP contribution >= 0.6 is 0 Å². The maximum atomic E-state index is 12.9. The topological polar surface area (TPSA) is 66.1 Å². The van der Waals surface area contributed by atoms with Crippen LogP contribution < -0.4 is 5.43 Å².